The molecule has 5 nitrogen and oxygen atoms in total. The van der Waals surface area contributed by atoms with E-state index in [1.807, 2.05) is 26.0 Å². The number of aryl methyl sites for hydroxylation is 2. The largest absolute Gasteiger partial charge is 0.325 e. The maximum absolute atomic E-state index is 12.1. The molecule has 0 aliphatic heterocycles. The average Bonchev–Trinajstić information content (AvgIpc) is 2.87. The number of anilines is 1. The molecule has 0 saturated heterocycles. The van der Waals surface area contributed by atoms with E-state index < -0.39 is 21.5 Å². The van der Waals surface area contributed by atoms with E-state index in [2.05, 4.69) is 10.3 Å². The number of carbonyl (C=O) groups is 1. The van der Waals surface area contributed by atoms with Crippen LogP contribution in [0, 0.1) is 6.92 Å². The Kier molecular flexibility index (Phi) is 5.31. The minimum Gasteiger partial charge on any atom is -0.325 e. The Bertz CT molecular complexity index is 767. The summed E-state index contributed by atoms with van der Waals surface area (Å²) in [6.45, 7) is 3.82. The molecule has 2 aromatic rings. The van der Waals surface area contributed by atoms with Gasteiger partial charge in [0, 0.05) is 11.1 Å². The second-order valence-corrected chi connectivity index (χ2v) is 7.99. The number of hydrogen-bond acceptors (Lipinski definition) is 5. The molecule has 0 bridgehead atoms. The molecule has 2 rings (SSSR count). The van der Waals surface area contributed by atoms with Crippen LogP contribution in [0.2, 0.25) is 0 Å². The highest BCUT2D eigenvalue weighted by Crippen LogP contribution is 2.15. The second-order valence-electron chi connectivity index (χ2n) is 4.98. The van der Waals surface area contributed by atoms with Gasteiger partial charge in [0.25, 0.3) is 0 Å². The van der Waals surface area contributed by atoms with Gasteiger partial charge in [-0.05, 0) is 25.0 Å². The van der Waals surface area contributed by atoms with Gasteiger partial charge < -0.3 is 5.32 Å². The number of hydrogen-bond donors (Lipinski definition) is 1. The van der Waals surface area contributed by atoms with Crippen LogP contribution in [0.1, 0.15) is 23.2 Å². The number of amides is 1. The van der Waals surface area contributed by atoms with Crippen molar-refractivity contribution in [1.29, 1.82) is 0 Å². The first-order chi connectivity index (χ1) is 10.4. The molecule has 1 aromatic carbocycles. The maximum Gasteiger partial charge on any atom is 0.239 e. The van der Waals surface area contributed by atoms with Gasteiger partial charge in [0.2, 0.25) is 5.91 Å². The summed E-state index contributed by atoms with van der Waals surface area (Å²) in [6.07, 6.45) is 0.776. The molecule has 22 heavy (non-hydrogen) atoms. The standard InChI is InChI=1S/C15H18N2O3S2/c1-3-15-16-12(8-21-15)9-22(19,20)10-14(18)17-13-7-5-4-6-11(13)2/h4-8H,3,9-10H2,1-2H3,(H,17,18). The average molecular weight is 338 g/mol. The molecular formula is C15H18N2O3S2. The van der Waals surface area contributed by atoms with E-state index in [-0.39, 0.29) is 5.75 Å². The smallest absolute Gasteiger partial charge is 0.239 e. The second kappa shape index (κ2) is 7.02. The Morgan fingerprint density at radius 3 is 2.68 bits per heavy atom. The Hall–Kier alpha value is -1.73. The third-order valence-corrected chi connectivity index (χ3v) is 5.52. The molecule has 0 aliphatic rings. The first-order valence-electron chi connectivity index (χ1n) is 6.89. The van der Waals surface area contributed by atoms with Crippen molar-refractivity contribution in [2.45, 2.75) is 26.0 Å². The SMILES string of the molecule is CCc1nc(CS(=O)(=O)CC(=O)Nc2ccccc2C)cs1. The lowest BCUT2D eigenvalue weighted by atomic mass is 10.2. The van der Waals surface area contributed by atoms with Gasteiger partial charge in [-0.25, -0.2) is 13.4 Å². The quantitative estimate of drug-likeness (QED) is 0.878. The highest BCUT2D eigenvalue weighted by Gasteiger charge is 2.19. The number of nitrogens with one attached hydrogen (secondary N) is 1. The predicted molar refractivity (Wildman–Crippen MR) is 88.8 cm³/mol. The van der Waals surface area contributed by atoms with Gasteiger partial charge in [-0.2, -0.15) is 0 Å². The number of nitrogens with zero attached hydrogens (tertiary/aromatic N) is 1. The minimum absolute atomic E-state index is 0.204. The van der Waals surface area contributed by atoms with Crippen molar-refractivity contribution in [3.05, 3.63) is 45.9 Å². The van der Waals surface area contributed by atoms with Crippen molar-refractivity contribution < 1.29 is 13.2 Å². The van der Waals surface area contributed by atoms with Gasteiger partial charge in [-0.15, -0.1) is 11.3 Å². The number of rotatable bonds is 6. The molecule has 1 aromatic heterocycles. The Morgan fingerprint density at radius 1 is 1.32 bits per heavy atom. The number of aromatic nitrogens is 1. The van der Waals surface area contributed by atoms with E-state index in [9.17, 15) is 13.2 Å². The normalized spacial score (nSPS) is 11.4. The van der Waals surface area contributed by atoms with Crippen LogP contribution >= 0.6 is 11.3 Å². The fourth-order valence-corrected chi connectivity index (χ4v) is 3.98. The van der Waals surface area contributed by atoms with Crippen LogP contribution in [0.15, 0.2) is 29.6 Å². The Morgan fingerprint density at radius 2 is 2.05 bits per heavy atom. The van der Waals surface area contributed by atoms with Gasteiger partial charge in [0.1, 0.15) is 5.75 Å². The van der Waals surface area contributed by atoms with Crippen molar-refractivity contribution in [2.24, 2.45) is 0 Å². The van der Waals surface area contributed by atoms with Crippen LogP contribution in [0.3, 0.4) is 0 Å². The fourth-order valence-electron chi connectivity index (χ4n) is 1.95. The lowest BCUT2D eigenvalue weighted by Gasteiger charge is -2.08. The molecule has 0 unspecified atom stereocenters. The van der Waals surface area contributed by atoms with Crippen molar-refractivity contribution in [3.63, 3.8) is 0 Å². The van der Waals surface area contributed by atoms with Gasteiger partial charge in [0.05, 0.1) is 16.5 Å². The third-order valence-electron chi connectivity index (χ3n) is 3.04. The summed E-state index contributed by atoms with van der Waals surface area (Å²) in [5, 5.41) is 5.26. The maximum atomic E-state index is 12.1. The predicted octanol–water partition coefficient (Wildman–Crippen LogP) is 2.57. The van der Waals surface area contributed by atoms with Crippen LogP contribution < -0.4 is 5.32 Å². The van der Waals surface area contributed by atoms with E-state index in [4.69, 9.17) is 0 Å². The summed E-state index contributed by atoms with van der Waals surface area (Å²) in [5.74, 6) is -1.27. The fraction of sp³-hybridized carbons (Fsp3) is 0.333. The molecule has 0 fully saturated rings. The summed E-state index contributed by atoms with van der Waals surface area (Å²) >= 11 is 1.44. The molecule has 0 saturated carbocycles. The molecule has 1 heterocycles. The van der Waals surface area contributed by atoms with Crippen LogP contribution in [-0.4, -0.2) is 25.1 Å². The highest BCUT2D eigenvalue weighted by atomic mass is 32.2. The van der Waals surface area contributed by atoms with Crippen molar-refractivity contribution in [3.8, 4) is 0 Å². The van der Waals surface area contributed by atoms with E-state index in [1.165, 1.54) is 11.3 Å². The molecule has 7 heteroatoms. The molecule has 1 N–H and O–H groups in total. The van der Waals surface area contributed by atoms with Crippen LogP contribution in [0.4, 0.5) is 5.69 Å². The van der Waals surface area contributed by atoms with Crippen LogP contribution in [0.5, 0.6) is 0 Å². The summed E-state index contributed by atoms with van der Waals surface area (Å²) < 4.78 is 24.2. The van der Waals surface area contributed by atoms with E-state index in [0.717, 1.165) is 17.0 Å². The van der Waals surface area contributed by atoms with Gasteiger partial charge in [-0.1, -0.05) is 25.1 Å². The van der Waals surface area contributed by atoms with Crippen molar-refractivity contribution in [2.75, 3.05) is 11.1 Å². The minimum atomic E-state index is -3.53. The molecule has 0 aliphatic carbocycles. The molecule has 1 amide bonds. The molecule has 118 valence electrons. The van der Waals surface area contributed by atoms with Crippen molar-refractivity contribution in [1.82, 2.24) is 4.98 Å². The molecular weight excluding hydrogens is 320 g/mol. The zero-order valence-corrected chi connectivity index (χ0v) is 14.1. The van der Waals surface area contributed by atoms with Gasteiger partial charge in [0.15, 0.2) is 9.84 Å². The number of thiazole rings is 1. The summed E-state index contributed by atoms with van der Waals surface area (Å²) in [4.78, 5) is 16.2. The lowest BCUT2D eigenvalue weighted by molar-refractivity contribution is -0.113. The zero-order chi connectivity index (χ0) is 16.2. The van der Waals surface area contributed by atoms with Crippen LogP contribution in [-0.2, 0) is 26.8 Å². The van der Waals surface area contributed by atoms with Crippen LogP contribution in [0.25, 0.3) is 0 Å². The van der Waals surface area contributed by atoms with Crippen molar-refractivity contribution >= 4 is 32.8 Å². The van der Waals surface area contributed by atoms with Gasteiger partial charge >= 0.3 is 0 Å². The van der Waals surface area contributed by atoms with E-state index in [0.29, 0.717) is 11.4 Å². The highest BCUT2D eigenvalue weighted by molar-refractivity contribution is 7.91. The lowest BCUT2D eigenvalue weighted by Crippen LogP contribution is -2.24. The number of benzene rings is 1. The van der Waals surface area contributed by atoms with E-state index >= 15 is 0 Å². The molecule has 0 atom stereocenters. The summed E-state index contributed by atoms with van der Waals surface area (Å²) in [7, 11) is -3.53. The first kappa shape index (κ1) is 16.6. The number of para-hydroxylation sites is 1. The Labute approximate surface area is 134 Å². The molecule has 0 radical (unpaired) electrons. The Balaban J connectivity index is 1.99. The summed E-state index contributed by atoms with van der Waals surface area (Å²) in [6, 6.07) is 7.24. The topological polar surface area (TPSA) is 76.1 Å². The summed E-state index contributed by atoms with van der Waals surface area (Å²) in [5.41, 5.74) is 2.02. The van der Waals surface area contributed by atoms with Gasteiger partial charge in [-0.3, -0.25) is 4.79 Å². The van der Waals surface area contributed by atoms with E-state index in [1.54, 1.807) is 17.5 Å². The monoisotopic (exact) mass is 338 g/mol. The first-order valence-corrected chi connectivity index (χ1v) is 9.59. The number of sulfone groups is 1. The number of carbonyl (C=O) groups excluding carboxylic acids is 1. The zero-order valence-electron chi connectivity index (χ0n) is 12.5. The third kappa shape index (κ3) is 4.64. The molecule has 0 spiro atoms.